The van der Waals surface area contributed by atoms with Crippen molar-refractivity contribution < 1.29 is 5.11 Å². The Hall–Kier alpha value is -0.0400. The molecule has 1 heteroatoms. The number of rotatable bonds is 13. The summed E-state index contributed by atoms with van der Waals surface area (Å²) in [6, 6.07) is 0. The normalized spacial score (nSPS) is 19.0. The van der Waals surface area contributed by atoms with Gasteiger partial charge >= 0.3 is 0 Å². The van der Waals surface area contributed by atoms with Crippen LogP contribution in [0.2, 0.25) is 0 Å². The Kier molecular flexibility index (Phi) is 12.5. The lowest BCUT2D eigenvalue weighted by molar-refractivity contribution is 0.149. The largest absolute Gasteiger partial charge is 0.396 e. The summed E-state index contributed by atoms with van der Waals surface area (Å²) in [5, 5.41) is 9.72. The molecule has 1 nitrogen and oxygen atoms in total. The summed E-state index contributed by atoms with van der Waals surface area (Å²) in [4.78, 5) is 0. The third-order valence-corrected chi connectivity index (χ3v) is 5.21. The molecule has 128 valence electrons. The highest BCUT2D eigenvalue weighted by molar-refractivity contribution is 4.70. The van der Waals surface area contributed by atoms with Gasteiger partial charge in [0.25, 0.3) is 0 Å². The molecule has 0 amide bonds. The first-order valence-corrected chi connectivity index (χ1v) is 9.55. The Balaban J connectivity index is 4.07. The van der Waals surface area contributed by atoms with E-state index >= 15 is 0 Å². The summed E-state index contributed by atoms with van der Waals surface area (Å²) in [5.74, 6) is 3.64. The Morgan fingerprint density at radius 2 is 1.14 bits per heavy atom. The van der Waals surface area contributed by atoms with Gasteiger partial charge in [-0.1, -0.05) is 73.6 Å². The zero-order valence-corrected chi connectivity index (χ0v) is 15.7. The summed E-state index contributed by atoms with van der Waals surface area (Å²) in [6.07, 6.45) is 10.4. The molecule has 0 spiro atoms. The fraction of sp³-hybridized carbons (Fsp3) is 1.00. The van der Waals surface area contributed by atoms with Crippen LogP contribution in [0.3, 0.4) is 0 Å². The van der Waals surface area contributed by atoms with Crippen LogP contribution in [0.1, 0.15) is 92.9 Å². The molecule has 0 bridgehead atoms. The molecule has 0 radical (unpaired) electrons. The van der Waals surface area contributed by atoms with Crippen LogP contribution in [0.4, 0.5) is 0 Å². The smallest absolute Gasteiger partial charge is 0.0461 e. The number of hydrogen-bond donors (Lipinski definition) is 1. The van der Waals surface area contributed by atoms with E-state index in [1.807, 2.05) is 0 Å². The van der Waals surface area contributed by atoms with Crippen LogP contribution >= 0.6 is 0 Å². The van der Waals surface area contributed by atoms with Crippen LogP contribution in [0.5, 0.6) is 0 Å². The molecule has 0 aromatic heterocycles. The van der Waals surface area contributed by atoms with Crippen molar-refractivity contribution in [2.45, 2.75) is 92.9 Å². The van der Waals surface area contributed by atoms with E-state index in [9.17, 15) is 5.11 Å². The lowest BCUT2D eigenvalue weighted by Crippen LogP contribution is -2.19. The zero-order chi connectivity index (χ0) is 16.3. The first-order valence-electron chi connectivity index (χ1n) is 9.55. The molecule has 5 unspecified atom stereocenters. The predicted octanol–water partition coefficient (Wildman–Crippen LogP) is 6.30. The fourth-order valence-electron chi connectivity index (χ4n) is 3.91. The maximum absolute atomic E-state index is 9.72. The van der Waals surface area contributed by atoms with E-state index in [4.69, 9.17) is 0 Å². The zero-order valence-electron chi connectivity index (χ0n) is 15.7. The van der Waals surface area contributed by atoms with Crippen molar-refractivity contribution in [1.82, 2.24) is 0 Å². The van der Waals surface area contributed by atoms with E-state index in [1.54, 1.807) is 0 Å². The molecule has 1 N–H and O–H groups in total. The molecule has 5 atom stereocenters. The maximum atomic E-state index is 9.72. The van der Waals surface area contributed by atoms with Crippen molar-refractivity contribution in [1.29, 1.82) is 0 Å². The molecule has 0 heterocycles. The second-order valence-corrected chi connectivity index (χ2v) is 7.86. The molecular weight excluding hydrogens is 256 g/mol. The first-order chi connectivity index (χ1) is 9.94. The third-order valence-electron chi connectivity index (χ3n) is 5.21. The maximum Gasteiger partial charge on any atom is 0.0461 e. The SMILES string of the molecule is CCCC(C)CC(C)CCC(CO)C(C)CC(C)CCC. The van der Waals surface area contributed by atoms with Crippen LogP contribution in [0.15, 0.2) is 0 Å². The van der Waals surface area contributed by atoms with Gasteiger partial charge in [0.15, 0.2) is 0 Å². The predicted molar refractivity (Wildman–Crippen MR) is 95.5 cm³/mol. The second-order valence-electron chi connectivity index (χ2n) is 7.86. The quantitative estimate of drug-likeness (QED) is 0.423. The minimum atomic E-state index is 0.372. The van der Waals surface area contributed by atoms with Crippen LogP contribution in [0, 0.1) is 29.6 Å². The molecule has 0 aliphatic carbocycles. The van der Waals surface area contributed by atoms with Crippen molar-refractivity contribution in [3.8, 4) is 0 Å². The second kappa shape index (κ2) is 12.5. The van der Waals surface area contributed by atoms with Crippen LogP contribution in [-0.4, -0.2) is 11.7 Å². The van der Waals surface area contributed by atoms with Gasteiger partial charge in [-0.3, -0.25) is 0 Å². The van der Waals surface area contributed by atoms with Gasteiger partial charge in [-0.05, 0) is 48.9 Å². The molecule has 0 aromatic carbocycles. The number of aliphatic hydroxyl groups excluding tert-OH is 1. The van der Waals surface area contributed by atoms with Gasteiger partial charge in [-0.15, -0.1) is 0 Å². The van der Waals surface area contributed by atoms with Crippen molar-refractivity contribution in [3.63, 3.8) is 0 Å². The molecule has 21 heavy (non-hydrogen) atoms. The Morgan fingerprint density at radius 1 is 0.667 bits per heavy atom. The lowest BCUT2D eigenvalue weighted by atomic mass is 9.80. The van der Waals surface area contributed by atoms with E-state index in [0.29, 0.717) is 18.4 Å². The van der Waals surface area contributed by atoms with E-state index in [0.717, 1.165) is 17.8 Å². The van der Waals surface area contributed by atoms with Crippen LogP contribution < -0.4 is 0 Å². The molecule has 0 rings (SSSR count). The van der Waals surface area contributed by atoms with Crippen molar-refractivity contribution in [2.24, 2.45) is 29.6 Å². The van der Waals surface area contributed by atoms with E-state index in [-0.39, 0.29) is 0 Å². The number of aliphatic hydroxyl groups is 1. The minimum Gasteiger partial charge on any atom is -0.396 e. The van der Waals surface area contributed by atoms with Gasteiger partial charge in [-0.2, -0.15) is 0 Å². The Labute approximate surface area is 134 Å². The molecular formula is C20H42O. The summed E-state index contributed by atoms with van der Waals surface area (Å²) in [5.41, 5.74) is 0. The van der Waals surface area contributed by atoms with Gasteiger partial charge in [0.05, 0.1) is 0 Å². The van der Waals surface area contributed by atoms with Gasteiger partial charge in [-0.25, -0.2) is 0 Å². The molecule has 0 aliphatic heterocycles. The first kappa shape index (κ1) is 21.0. The third kappa shape index (κ3) is 10.3. The molecule has 0 saturated heterocycles. The monoisotopic (exact) mass is 298 g/mol. The fourth-order valence-corrected chi connectivity index (χ4v) is 3.91. The molecule has 0 fully saturated rings. The summed E-state index contributed by atoms with van der Waals surface area (Å²) < 4.78 is 0. The molecule has 0 aliphatic rings. The molecule has 0 aromatic rings. The number of hydrogen-bond acceptors (Lipinski definition) is 1. The average Bonchev–Trinajstić information content (AvgIpc) is 2.39. The van der Waals surface area contributed by atoms with Crippen molar-refractivity contribution in [2.75, 3.05) is 6.61 Å². The van der Waals surface area contributed by atoms with Crippen LogP contribution in [0.25, 0.3) is 0 Å². The summed E-state index contributed by atoms with van der Waals surface area (Å²) in [6.45, 7) is 14.4. The highest BCUT2D eigenvalue weighted by Crippen LogP contribution is 2.29. The van der Waals surface area contributed by atoms with Gasteiger partial charge in [0.1, 0.15) is 0 Å². The topological polar surface area (TPSA) is 20.2 Å². The Bertz CT molecular complexity index is 226. The Morgan fingerprint density at radius 3 is 1.62 bits per heavy atom. The minimum absolute atomic E-state index is 0.372. The van der Waals surface area contributed by atoms with Crippen molar-refractivity contribution in [3.05, 3.63) is 0 Å². The summed E-state index contributed by atoms with van der Waals surface area (Å²) in [7, 11) is 0. The lowest BCUT2D eigenvalue weighted by Gasteiger charge is -2.26. The van der Waals surface area contributed by atoms with Gasteiger partial charge in [0, 0.05) is 6.61 Å². The standard InChI is InChI=1S/C20H42O/c1-7-9-16(3)13-18(5)11-12-20(15-21)19(6)14-17(4)10-8-2/h16-21H,7-15H2,1-6H3. The van der Waals surface area contributed by atoms with Gasteiger partial charge in [0.2, 0.25) is 0 Å². The van der Waals surface area contributed by atoms with Crippen LogP contribution in [-0.2, 0) is 0 Å². The van der Waals surface area contributed by atoms with E-state index in [2.05, 4.69) is 41.5 Å². The van der Waals surface area contributed by atoms with Crippen molar-refractivity contribution >= 4 is 0 Å². The summed E-state index contributed by atoms with van der Waals surface area (Å²) >= 11 is 0. The molecule has 0 saturated carbocycles. The van der Waals surface area contributed by atoms with E-state index < -0.39 is 0 Å². The van der Waals surface area contributed by atoms with Gasteiger partial charge < -0.3 is 5.11 Å². The van der Waals surface area contributed by atoms with E-state index in [1.165, 1.54) is 51.4 Å². The average molecular weight is 299 g/mol. The highest BCUT2D eigenvalue weighted by atomic mass is 16.3. The highest BCUT2D eigenvalue weighted by Gasteiger charge is 2.20.